The van der Waals surface area contributed by atoms with Crippen LogP contribution in [0.1, 0.15) is 36.4 Å². The van der Waals surface area contributed by atoms with E-state index >= 15 is 0 Å². The van der Waals surface area contributed by atoms with Gasteiger partial charge in [-0.2, -0.15) is 4.31 Å². The van der Waals surface area contributed by atoms with Crippen LogP contribution < -0.4 is 0 Å². The van der Waals surface area contributed by atoms with Crippen molar-refractivity contribution in [1.82, 2.24) is 14.2 Å². The van der Waals surface area contributed by atoms with Crippen molar-refractivity contribution in [1.29, 1.82) is 0 Å². The Labute approximate surface area is 134 Å². The molecule has 3 fully saturated rings. The Kier molecular flexibility index (Phi) is 3.32. The van der Waals surface area contributed by atoms with E-state index in [1.54, 1.807) is 15.6 Å². The molecule has 6 nitrogen and oxygen atoms in total. The smallest absolute Gasteiger partial charge is 0.224 e. The molecule has 1 saturated carbocycles. The molecule has 2 atom stereocenters. The molecule has 2 saturated heterocycles. The number of hydrogen-bond acceptors (Lipinski definition) is 5. The molecule has 3 aliphatic rings. The molecular formula is C14H19N3O3S2. The highest BCUT2D eigenvalue weighted by Crippen LogP contribution is 2.40. The van der Waals surface area contributed by atoms with Gasteiger partial charge in [-0.3, -0.25) is 4.79 Å². The van der Waals surface area contributed by atoms with Gasteiger partial charge in [-0.15, -0.1) is 11.3 Å². The molecule has 120 valence electrons. The van der Waals surface area contributed by atoms with E-state index in [4.69, 9.17) is 0 Å². The number of aryl methyl sites for hydroxylation is 1. The molecule has 22 heavy (non-hydrogen) atoms. The molecule has 8 heteroatoms. The molecule has 1 aromatic heterocycles. The molecule has 3 heterocycles. The van der Waals surface area contributed by atoms with Crippen LogP contribution in [0.3, 0.4) is 0 Å². The molecule has 0 radical (unpaired) electrons. The van der Waals surface area contributed by atoms with Crippen LogP contribution in [0, 0.1) is 6.92 Å². The summed E-state index contributed by atoms with van der Waals surface area (Å²) in [6.45, 7) is 3.00. The third-order valence-electron chi connectivity index (χ3n) is 4.84. The highest BCUT2D eigenvalue weighted by Gasteiger charge is 2.53. The second kappa shape index (κ2) is 5.01. The van der Waals surface area contributed by atoms with Crippen molar-refractivity contribution in [2.75, 3.05) is 6.54 Å². The van der Waals surface area contributed by atoms with E-state index < -0.39 is 10.0 Å². The van der Waals surface area contributed by atoms with Gasteiger partial charge in [0.25, 0.3) is 0 Å². The summed E-state index contributed by atoms with van der Waals surface area (Å²) < 4.78 is 26.6. The Hall–Kier alpha value is -0.990. The molecule has 0 spiro atoms. The Morgan fingerprint density at radius 2 is 2.09 bits per heavy atom. The second-order valence-electron chi connectivity index (χ2n) is 6.36. The first-order valence-electron chi connectivity index (χ1n) is 7.68. The van der Waals surface area contributed by atoms with E-state index in [1.807, 2.05) is 17.2 Å². The minimum absolute atomic E-state index is 0.0167. The van der Waals surface area contributed by atoms with Crippen LogP contribution in [0.2, 0.25) is 0 Å². The van der Waals surface area contributed by atoms with Crippen molar-refractivity contribution in [3.8, 4) is 0 Å². The van der Waals surface area contributed by atoms with Crippen LogP contribution in [0.15, 0.2) is 5.38 Å². The Morgan fingerprint density at radius 3 is 2.73 bits per heavy atom. The first-order chi connectivity index (χ1) is 10.5. The van der Waals surface area contributed by atoms with Gasteiger partial charge in [0.1, 0.15) is 0 Å². The fourth-order valence-corrected chi connectivity index (χ4v) is 6.30. The van der Waals surface area contributed by atoms with Crippen molar-refractivity contribution in [3.63, 3.8) is 0 Å². The average molecular weight is 341 g/mol. The summed E-state index contributed by atoms with van der Waals surface area (Å²) in [5.74, 6) is 0.0522. The molecule has 1 amide bonds. The Bertz CT molecular complexity index is 711. The van der Waals surface area contributed by atoms with Crippen LogP contribution in [-0.4, -0.2) is 52.4 Å². The van der Waals surface area contributed by atoms with Gasteiger partial charge < -0.3 is 4.90 Å². The summed E-state index contributed by atoms with van der Waals surface area (Å²) in [6.07, 6.45) is 2.60. The maximum absolute atomic E-state index is 12.5. The van der Waals surface area contributed by atoms with Crippen LogP contribution in [-0.2, 0) is 21.4 Å². The molecule has 1 aliphatic carbocycles. The van der Waals surface area contributed by atoms with Crippen LogP contribution in [0.25, 0.3) is 0 Å². The van der Waals surface area contributed by atoms with Crippen molar-refractivity contribution in [2.45, 2.75) is 56.5 Å². The van der Waals surface area contributed by atoms with Gasteiger partial charge in [-0.25, -0.2) is 13.4 Å². The first kappa shape index (κ1) is 14.6. The molecule has 1 aromatic rings. The average Bonchev–Trinajstić information content (AvgIpc) is 3.04. The largest absolute Gasteiger partial charge is 0.332 e. The van der Waals surface area contributed by atoms with Crippen molar-refractivity contribution in [3.05, 3.63) is 16.1 Å². The predicted octanol–water partition coefficient (Wildman–Crippen LogP) is 1.12. The van der Waals surface area contributed by atoms with E-state index in [1.165, 1.54) is 0 Å². The van der Waals surface area contributed by atoms with E-state index in [0.29, 0.717) is 19.5 Å². The van der Waals surface area contributed by atoms with Crippen LogP contribution in [0.5, 0.6) is 0 Å². The quantitative estimate of drug-likeness (QED) is 0.823. The third-order valence-corrected chi connectivity index (χ3v) is 8.08. The number of amides is 1. The molecule has 2 aliphatic heterocycles. The lowest BCUT2D eigenvalue weighted by Gasteiger charge is -2.24. The summed E-state index contributed by atoms with van der Waals surface area (Å²) >= 11 is 1.58. The van der Waals surface area contributed by atoms with Gasteiger partial charge in [-0.05, 0) is 26.2 Å². The Balaban J connectivity index is 1.54. The molecule has 0 bridgehead atoms. The molecule has 0 unspecified atom stereocenters. The highest BCUT2D eigenvalue weighted by molar-refractivity contribution is 7.90. The number of thiazole rings is 1. The maximum atomic E-state index is 12.5. The molecule has 0 N–H and O–H groups in total. The SMILES string of the molecule is Cc1nc(CN2C(=O)C[C@@H]3[C@@H]2CCN3S(=O)(=O)C2CC2)cs1. The number of carbonyl (C=O) groups is 1. The summed E-state index contributed by atoms with van der Waals surface area (Å²) in [7, 11) is -3.19. The summed E-state index contributed by atoms with van der Waals surface area (Å²) in [6, 6.07) is -0.152. The minimum atomic E-state index is -3.19. The fraction of sp³-hybridized carbons (Fsp3) is 0.714. The van der Waals surface area contributed by atoms with Crippen LogP contribution in [0.4, 0.5) is 0 Å². The van der Waals surface area contributed by atoms with Crippen molar-refractivity contribution >= 4 is 27.3 Å². The first-order valence-corrected chi connectivity index (χ1v) is 10.1. The number of likely N-dealkylation sites (tertiary alicyclic amines) is 1. The van der Waals surface area contributed by atoms with Gasteiger partial charge in [-0.1, -0.05) is 0 Å². The summed E-state index contributed by atoms with van der Waals surface area (Å²) in [4.78, 5) is 18.6. The standard InChI is InChI=1S/C14H19N3O3S2/c1-9-15-10(8-21-9)7-16-12-4-5-17(13(12)6-14(16)18)22(19,20)11-2-3-11/h8,11-13H,2-7H2,1H3/t12-,13+/m0/s1. The van der Waals surface area contributed by atoms with Gasteiger partial charge >= 0.3 is 0 Å². The fourth-order valence-electron chi connectivity index (χ4n) is 3.63. The number of nitrogens with zero attached hydrogens (tertiary/aromatic N) is 3. The summed E-state index contributed by atoms with van der Waals surface area (Å²) in [5.41, 5.74) is 0.903. The minimum Gasteiger partial charge on any atom is -0.332 e. The van der Waals surface area contributed by atoms with Gasteiger partial charge in [0, 0.05) is 18.3 Å². The Morgan fingerprint density at radius 1 is 1.32 bits per heavy atom. The van der Waals surface area contributed by atoms with E-state index in [2.05, 4.69) is 4.98 Å². The van der Waals surface area contributed by atoms with Crippen molar-refractivity contribution in [2.24, 2.45) is 0 Å². The number of fused-ring (bicyclic) bond motifs is 1. The predicted molar refractivity (Wildman–Crippen MR) is 82.9 cm³/mol. The number of hydrogen-bond donors (Lipinski definition) is 0. The lowest BCUT2D eigenvalue weighted by Crippen LogP contribution is -2.41. The lowest BCUT2D eigenvalue weighted by molar-refractivity contribution is -0.129. The van der Waals surface area contributed by atoms with Gasteiger partial charge in [0.15, 0.2) is 0 Å². The zero-order valence-corrected chi connectivity index (χ0v) is 14.1. The number of carbonyl (C=O) groups excluding carboxylic acids is 1. The molecular weight excluding hydrogens is 322 g/mol. The van der Waals surface area contributed by atoms with Gasteiger partial charge in [0.2, 0.25) is 15.9 Å². The maximum Gasteiger partial charge on any atom is 0.224 e. The van der Waals surface area contributed by atoms with E-state index in [9.17, 15) is 13.2 Å². The lowest BCUT2D eigenvalue weighted by atomic mass is 10.1. The van der Waals surface area contributed by atoms with Crippen molar-refractivity contribution < 1.29 is 13.2 Å². The zero-order chi connectivity index (χ0) is 15.5. The zero-order valence-electron chi connectivity index (χ0n) is 12.4. The monoisotopic (exact) mass is 341 g/mol. The number of sulfonamides is 1. The normalized spacial score (nSPS) is 29.3. The van der Waals surface area contributed by atoms with E-state index in [-0.39, 0.29) is 23.2 Å². The highest BCUT2D eigenvalue weighted by atomic mass is 32.2. The molecule has 4 rings (SSSR count). The van der Waals surface area contributed by atoms with E-state index in [0.717, 1.165) is 30.0 Å². The number of aromatic nitrogens is 1. The van der Waals surface area contributed by atoms with Crippen LogP contribution >= 0.6 is 11.3 Å². The molecule has 0 aromatic carbocycles. The van der Waals surface area contributed by atoms with Gasteiger partial charge in [0.05, 0.1) is 34.6 Å². The topological polar surface area (TPSA) is 70.6 Å². The third kappa shape index (κ3) is 2.28. The second-order valence-corrected chi connectivity index (χ2v) is 9.59. The number of rotatable bonds is 4. The summed E-state index contributed by atoms with van der Waals surface area (Å²) in [5, 5.41) is 2.77.